The zero-order valence-electron chi connectivity index (χ0n) is 14.9. The number of hydrogen-bond donors (Lipinski definition) is 1. The van der Waals surface area contributed by atoms with Crippen molar-refractivity contribution >= 4 is 23.5 Å². The second-order valence-corrected chi connectivity index (χ2v) is 6.42. The van der Waals surface area contributed by atoms with Crippen LogP contribution in [0.15, 0.2) is 24.3 Å². The molecule has 1 fully saturated rings. The Morgan fingerprint density at radius 3 is 2.72 bits per heavy atom. The third kappa shape index (κ3) is 5.03. The lowest BCUT2D eigenvalue weighted by atomic mass is 10.1. The maximum absolute atomic E-state index is 12.5. The van der Waals surface area contributed by atoms with Crippen molar-refractivity contribution in [1.29, 1.82) is 0 Å². The predicted molar refractivity (Wildman–Crippen MR) is 94.3 cm³/mol. The summed E-state index contributed by atoms with van der Waals surface area (Å²) < 4.78 is 4.73. The van der Waals surface area contributed by atoms with Gasteiger partial charge in [-0.1, -0.05) is 12.1 Å². The first kappa shape index (κ1) is 18.9. The number of rotatable bonds is 7. The van der Waals surface area contributed by atoms with E-state index in [2.05, 4.69) is 10.2 Å². The van der Waals surface area contributed by atoms with Gasteiger partial charge in [-0.15, -0.1) is 0 Å². The maximum atomic E-state index is 12.5. The van der Waals surface area contributed by atoms with Gasteiger partial charge in [0, 0.05) is 19.5 Å². The molecule has 1 aromatic rings. The standard InChI is InChI=1S/C18H25N3O4/c1-20(2)9-6-10-21-12-13(11-16(21)22)17(23)19-15-8-5-4-7-14(15)18(24)25-3/h4-5,7-8,13H,6,9-12H2,1-3H3,(H,19,23). The smallest absolute Gasteiger partial charge is 0.339 e. The average Bonchev–Trinajstić information content (AvgIpc) is 2.95. The second kappa shape index (κ2) is 8.62. The molecule has 136 valence electrons. The van der Waals surface area contributed by atoms with Crippen molar-refractivity contribution in [2.45, 2.75) is 12.8 Å². The van der Waals surface area contributed by atoms with E-state index in [4.69, 9.17) is 4.74 Å². The van der Waals surface area contributed by atoms with Crippen LogP contribution in [0.4, 0.5) is 5.69 Å². The largest absolute Gasteiger partial charge is 0.465 e. The van der Waals surface area contributed by atoms with Crippen molar-refractivity contribution in [2.75, 3.05) is 46.2 Å². The maximum Gasteiger partial charge on any atom is 0.339 e. The van der Waals surface area contributed by atoms with Gasteiger partial charge in [-0.05, 0) is 39.2 Å². The number of methoxy groups -OCH3 is 1. The molecule has 1 unspecified atom stereocenters. The minimum Gasteiger partial charge on any atom is -0.465 e. The molecule has 0 radical (unpaired) electrons. The van der Waals surface area contributed by atoms with Crippen LogP contribution < -0.4 is 5.32 Å². The number of nitrogens with one attached hydrogen (secondary N) is 1. The number of amides is 2. The Labute approximate surface area is 147 Å². The highest BCUT2D eigenvalue weighted by Gasteiger charge is 2.34. The van der Waals surface area contributed by atoms with Crippen molar-refractivity contribution in [2.24, 2.45) is 5.92 Å². The van der Waals surface area contributed by atoms with Gasteiger partial charge in [0.2, 0.25) is 11.8 Å². The van der Waals surface area contributed by atoms with Gasteiger partial charge in [0.15, 0.2) is 0 Å². The topological polar surface area (TPSA) is 78.9 Å². The molecule has 1 aromatic carbocycles. The highest BCUT2D eigenvalue weighted by atomic mass is 16.5. The van der Waals surface area contributed by atoms with Gasteiger partial charge >= 0.3 is 5.97 Å². The summed E-state index contributed by atoms with van der Waals surface area (Å²) in [4.78, 5) is 40.2. The Kier molecular flexibility index (Phi) is 6.52. The van der Waals surface area contributed by atoms with Crippen LogP contribution in [-0.4, -0.2) is 68.4 Å². The van der Waals surface area contributed by atoms with Gasteiger partial charge in [-0.25, -0.2) is 4.79 Å². The van der Waals surface area contributed by atoms with Gasteiger partial charge in [-0.2, -0.15) is 0 Å². The summed E-state index contributed by atoms with van der Waals surface area (Å²) in [7, 11) is 5.27. The molecule has 1 atom stereocenters. The van der Waals surface area contributed by atoms with Crippen LogP contribution in [0.3, 0.4) is 0 Å². The van der Waals surface area contributed by atoms with Gasteiger partial charge in [0.1, 0.15) is 0 Å². The zero-order chi connectivity index (χ0) is 18.4. The summed E-state index contributed by atoms with van der Waals surface area (Å²) in [5.74, 6) is -1.17. The lowest BCUT2D eigenvalue weighted by molar-refractivity contribution is -0.128. The molecule has 1 N–H and O–H groups in total. The summed E-state index contributed by atoms with van der Waals surface area (Å²) in [5, 5.41) is 2.76. The molecular formula is C18H25N3O4. The molecule has 2 rings (SSSR count). The van der Waals surface area contributed by atoms with Crippen LogP contribution in [0, 0.1) is 5.92 Å². The fraction of sp³-hybridized carbons (Fsp3) is 0.500. The van der Waals surface area contributed by atoms with Crippen LogP contribution >= 0.6 is 0 Å². The minimum absolute atomic E-state index is 0.000147. The van der Waals surface area contributed by atoms with Crippen LogP contribution in [0.5, 0.6) is 0 Å². The van der Waals surface area contributed by atoms with Crippen molar-refractivity contribution in [3.05, 3.63) is 29.8 Å². The first-order valence-corrected chi connectivity index (χ1v) is 8.33. The van der Waals surface area contributed by atoms with Crippen LogP contribution in [0.2, 0.25) is 0 Å². The van der Waals surface area contributed by atoms with Gasteiger partial charge in [0.25, 0.3) is 0 Å². The Morgan fingerprint density at radius 1 is 1.32 bits per heavy atom. The number of likely N-dealkylation sites (tertiary alicyclic amines) is 1. The fourth-order valence-corrected chi connectivity index (χ4v) is 2.86. The van der Waals surface area contributed by atoms with E-state index in [1.807, 2.05) is 14.1 Å². The van der Waals surface area contributed by atoms with Gasteiger partial charge in [-0.3, -0.25) is 9.59 Å². The SMILES string of the molecule is COC(=O)c1ccccc1NC(=O)C1CC(=O)N(CCCN(C)C)C1. The number of carbonyl (C=O) groups is 3. The Balaban J connectivity index is 1.96. The normalized spacial score (nSPS) is 17.0. The predicted octanol–water partition coefficient (Wildman–Crippen LogP) is 1.21. The molecule has 0 saturated carbocycles. The lowest BCUT2D eigenvalue weighted by Gasteiger charge is -2.18. The van der Waals surface area contributed by atoms with Crippen molar-refractivity contribution in [1.82, 2.24) is 9.80 Å². The molecule has 1 heterocycles. The van der Waals surface area contributed by atoms with Crippen LogP contribution in [-0.2, 0) is 14.3 Å². The van der Waals surface area contributed by atoms with E-state index in [1.54, 1.807) is 29.2 Å². The average molecular weight is 347 g/mol. The van der Waals surface area contributed by atoms with E-state index in [0.29, 0.717) is 24.3 Å². The fourth-order valence-electron chi connectivity index (χ4n) is 2.86. The van der Waals surface area contributed by atoms with Crippen LogP contribution in [0.1, 0.15) is 23.2 Å². The summed E-state index contributed by atoms with van der Waals surface area (Å²) in [6.45, 7) is 1.96. The van der Waals surface area contributed by atoms with Crippen molar-refractivity contribution in [3.8, 4) is 0 Å². The molecule has 25 heavy (non-hydrogen) atoms. The summed E-state index contributed by atoms with van der Waals surface area (Å²) >= 11 is 0. The minimum atomic E-state index is -0.510. The number of benzene rings is 1. The molecular weight excluding hydrogens is 322 g/mol. The molecule has 0 aliphatic carbocycles. The Morgan fingerprint density at radius 2 is 2.04 bits per heavy atom. The Bertz CT molecular complexity index is 645. The van der Waals surface area contributed by atoms with E-state index in [-0.39, 0.29) is 18.2 Å². The zero-order valence-corrected chi connectivity index (χ0v) is 14.9. The van der Waals surface area contributed by atoms with Crippen molar-refractivity contribution < 1.29 is 19.1 Å². The van der Waals surface area contributed by atoms with Gasteiger partial charge < -0.3 is 19.9 Å². The van der Waals surface area contributed by atoms with Crippen molar-refractivity contribution in [3.63, 3.8) is 0 Å². The van der Waals surface area contributed by atoms with E-state index in [9.17, 15) is 14.4 Å². The number of anilines is 1. The quantitative estimate of drug-likeness (QED) is 0.750. The van der Waals surface area contributed by atoms with E-state index in [0.717, 1.165) is 13.0 Å². The van der Waals surface area contributed by atoms with E-state index in [1.165, 1.54) is 7.11 Å². The molecule has 7 heteroatoms. The third-order valence-corrected chi connectivity index (χ3v) is 4.21. The Hall–Kier alpha value is -2.41. The molecule has 1 saturated heterocycles. The first-order chi connectivity index (χ1) is 11.9. The molecule has 2 amide bonds. The van der Waals surface area contributed by atoms with Gasteiger partial charge in [0.05, 0.1) is 24.3 Å². The molecule has 1 aliphatic heterocycles. The highest BCUT2D eigenvalue weighted by Crippen LogP contribution is 2.22. The summed E-state index contributed by atoms with van der Waals surface area (Å²) in [5.41, 5.74) is 0.698. The number of nitrogens with zero attached hydrogens (tertiary/aromatic N) is 2. The third-order valence-electron chi connectivity index (χ3n) is 4.21. The molecule has 1 aliphatic rings. The number of ether oxygens (including phenoxy) is 1. The monoisotopic (exact) mass is 347 g/mol. The molecule has 0 spiro atoms. The number of hydrogen-bond acceptors (Lipinski definition) is 5. The summed E-state index contributed by atoms with van der Waals surface area (Å²) in [6.07, 6.45) is 1.08. The summed E-state index contributed by atoms with van der Waals surface area (Å²) in [6, 6.07) is 6.67. The van der Waals surface area contributed by atoms with E-state index >= 15 is 0 Å². The highest BCUT2D eigenvalue weighted by molar-refractivity contribution is 6.03. The number of carbonyl (C=O) groups excluding carboxylic acids is 3. The number of para-hydroxylation sites is 1. The van der Waals surface area contributed by atoms with Crippen LogP contribution in [0.25, 0.3) is 0 Å². The lowest BCUT2D eigenvalue weighted by Crippen LogP contribution is -2.30. The second-order valence-electron chi connectivity index (χ2n) is 6.42. The van der Waals surface area contributed by atoms with E-state index < -0.39 is 11.9 Å². The molecule has 0 aromatic heterocycles. The molecule has 7 nitrogen and oxygen atoms in total. The first-order valence-electron chi connectivity index (χ1n) is 8.33. The number of esters is 1. The molecule has 0 bridgehead atoms.